The van der Waals surface area contributed by atoms with Gasteiger partial charge in [-0.05, 0) is 39.7 Å². The monoisotopic (exact) mass is 196 g/mol. The number of esters is 1. The summed E-state index contributed by atoms with van der Waals surface area (Å²) in [5.41, 5.74) is 1.18. The van der Waals surface area contributed by atoms with Crippen LogP contribution in [-0.4, -0.2) is 12.1 Å². The number of carbonyl (C=O) groups excluding carboxylic acids is 1. The molecule has 1 unspecified atom stereocenters. The highest BCUT2D eigenvalue weighted by molar-refractivity contribution is 5.66. The lowest BCUT2D eigenvalue weighted by molar-refractivity contribution is -0.144. The molecule has 0 heterocycles. The molecule has 0 aromatic rings. The van der Waals surface area contributed by atoms with Crippen molar-refractivity contribution in [3.63, 3.8) is 0 Å². The molecule has 80 valence electrons. The highest BCUT2D eigenvalue weighted by Gasteiger charge is 2.07. The summed E-state index contributed by atoms with van der Waals surface area (Å²) in [7, 11) is 0. The van der Waals surface area contributed by atoms with Gasteiger partial charge in [0.15, 0.2) is 0 Å². The quantitative estimate of drug-likeness (QED) is 0.498. The second-order valence-corrected chi connectivity index (χ2v) is 3.54. The molecule has 0 saturated heterocycles. The van der Waals surface area contributed by atoms with E-state index < -0.39 is 0 Å². The molecule has 14 heavy (non-hydrogen) atoms. The predicted molar refractivity (Wildman–Crippen MR) is 59.0 cm³/mol. The molecule has 0 aromatic heterocycles. The number of ether oxygens (including phenoxy) is 1. The Kier molecular flexibility index (Phi) is 6.81. The van der Waals surface area contributed by atoms with Crippen LogP contribution in [0.15, 0.2) is 23.8 Å². The molecule has 2 nitrogen and oxygen atoms in total. The minimum Gasteiger partial charge on any atom is -0.458 e. The van der Waals surface area contributed by atoms with Gasteiger partial charge in [-0.1, -0.05) is 17.7 Å². The normalized spacial score (nSPS) is 12.6. The highest BCUT2D eigenvalue weighted by Crippen LogP contribution is 2.08. The van der Waals surface area contributed by atoms with Crippen LogP contribution in [0.4, 0.5) is 0 Å². The predicted octanol–water partition coefficient (Wildman–Crippen LogP) is 3.24. The van der Waals surface area contributed by atoms with Crippen LogP contribution in [0.2, 0.25) is 0 Å². The molecule has 0 bridgehead atoms. The van der Waals surface area contributed by atoms with Crippen LogP contribution >= 0.6 is 0 Å². The molecule has 2 heteroatoms. The first-order chi connectivity index (χ1) is 6.56. The Hall–Kier alpha value is -1.05. The van der Waals surface area contributed by atoms with E-state index in [0.29, 0.717) is 0 Å². The van der Waals surface area contributed by atoms with E-state index in [0.717, 1.165) is 12.8 Å². The van der Waals surface area contributed by atoms with Gasteiger partial charge < -0.3 is 4.74 Å². The third kappa shape index (κ3) is 7.59. The van der Waals surface area contributed by atoms with Gasteiger partial charge in [0.25, 0.3) is 0 Å². The van der Waals surface area contributed by atoms with E-state index in [1.165, 1.54) is 12.5 Å². The second kappa shape index (κ2) is 7.36. The third-order valence-electron chi connectivity index (χ3n) is 1.69. The Balaban J connectivity index is 4.10. The van der Waals surface area contributed by atoms with E-state index in [1.54, 1.807) is 0 Å². The van der Waals surface area contributed by atoms with Gasteiger partial charge in [-0.25, -0.2) is 0 Å². The fourth-order valence-electron chi connectivity index (χ4n) is 1.19. The van der Waals surface area contributed by atoms with Gasteiger partial charge in [-0.15, -0.1) is 0 Å². The van der Waals surface area contributed by atoms with Gasteiger partial charge in [0.1, 0.15) is 6.10 Å². The third-order valence-corrected chi connectivity index (χ3v) is 1.69. The van der Waals surface area contributed by atoms with Crippen molar-refractivity contribution in [2.75, 3.05) is 0 Å². The molecule has 0 aromatic carbocycles. The summed E-state index contributed by atoms with van der Waals surface area (Å²) in [5, 5.41) is 0. The first kappa shape index (κ1) is 12.9. The molecule has 0 saturated carbocycles. The Morgan fingerprint density at radius 3 is 2.43 bits per heavy atom. The van der Waals surface area contributed by atoms with Gasteiger partial charge >= 0.3 is 5.97 Å². The average molecular weight is 196 g/mol. The molecule has 0 aliphatic rings. The van der Waals surface area contributed by atoms with Gasteiger partial charge in [-0.3, -0.25) is 4.79 Å². The Morgan fingerprint density at radius 2 is 2.00 bits per heavy atom. The maximum absolute atomic E-state index is 10.8. The van der Waals surface area contributed by atoms with E-state index in [1.807, 2.05) is 32.9 Å². The Labute approximate surface area is 86.6 Å². The zero-order chi connectivity index (χ0) is 11.0. The van der Waals surface area contributed by atoms with Crippen molar-refractivity contribution in [1.82, 2.24) is 0 Å². The maximum atomic E-state index is 10.8. The first-order valence-electron chi connectivity index (χ1n) is 4.99. The molecular weight excluding hydrogens is 176 g/mol. The molecular formula is C12H20O2. The molecule has 0 aliphatic carbocycles. The Bertz CT molecular complexity index is 222. The van der Waals surface area contributed by atoms with Crippen molar-refractivity contribution < 1.29 is 9.53 Å². The van der Waals surface area contributed by atoms with Crippen molar-refractivity contribution in [3.05, 3.63) is 23.8 Å². The van der Waals surface area contributed by atoms with Gasteiger partial charge in [-0.2, -0.15) is 0 Å². The molecule has 0 N–H and O–H groups in total. The minimum absolute atomic E-state index is 0.0753. The van der Waals surface area contributed by atoms with Crippen LogP contribution in [0.25, 0.3) is 0 Å². The van der Waals surface area contributed by atoms with E-state index in [-0.39, 0.29) is 12.1 Å². The van der Waals surface area contributed by atoms with Crippen molar-refractivity contribution in [1.29, 1.82) is 0 Å². The number of allylic oxidation sites excluding steroid dienone is 3. The molecule has 0 fully saturated rings. The molecule has 1 atom stereocenters. The fourth-order valence-corrected chi connectivity index (χ4v) is 1.19. The van der Waals surface area contributed by atoms with Crippen LogP contribution in [0, 0.1) is 0 Å². The first-order valence-corrected chi connectivity index (χ1v) is 4.99. The largest absolute Gasteiger partial charge is 0.458 e. The van der Waals surface area contributed by atoms with E-state index >= 15 is 0 Å². The van der Waals surface area contributed by atoms with Crippen LogP contribution < -0.4 is 0 Å². The summed E-state index contributed by atoms with van der Waals surface area (Å²) < 4.78 is 5.16. The standard InChI is InChI=1S/C12H20O2/c1-5-6-7-8-12(9-10(2)3)14-11(4)13/h5-6,9,12H,7-8H2,1-4H3. The molecule has 0 aliphatic heterocycles. The number of hydrogen-bond donors (Lipinski definition) is 0. The summed E-state index contributed by atoms with van der Waals surface area (Å²) in [4.78, 5) is 10.8. The molecule has 0 rings (SSSR count). The van der Waals surface area contributed by atoms with Crippen LogP contribution in [-0.2, 0) is 9.53 Å². The zero-order valence-corrected chi connectivity index (χ0v) is 9.54. The molecule has 0 radical (unpaired) electrons. The summed E-state index contributed by atoms with van der Waals surface area (Å²) in [6.07, 6.45) is 7.80. The lowest BCUT2D eigenvalue weighted by atomic mass is 10.1. The number of rotatable bonds is 5. The zero-order valence-electron chi connectivity index (χ0n) is 9.54. The second-order valence-electron chi connectivity index (χ2n) is 3.54. The number of carbonyl (C=O) groups is 1. The van der Waals surface area contributed by atoms with Crippen molar-refractivity contribution in [2.45, 2.75) is 46.6 Å². The van der Waals surface area contributed by atoms with E-state index in [9.17, 15) is 4.79 Å². The van der Waals surface area contributed by atoms with Crippen LogP contribution in [0.5, 0.6) is 0 Å². The van der Waals surface area contributed by atoms with Gasteiger partial charge in [0.05, 0.1) is 0 Å². The lowest BCUT2D eigenvalue weighted by Crippen LogP contribution is -2.13. The summed E-state index contributed by atoms with van der Waals surface area (Å²) >= 11 is 0. The molecule has 0 amide bonds. The molecule has 0 spiro atoms. The summed E-state index contributed by atoms with van der Waals surface area (Å²) in [6.45, 7) is 7.45. The fraction of sp³-hybridized carbons (Fsp3) is 0.583. The summed E-state index contributed by atoms with van der Waals surface area (Å²) in [6, 6.07) is 0. The minimum atomic E-state index is -0.215. The van der Waals surface area contributed by atoms with E-state index in [2.05, 4.69) is 6.08 Å². The van der Waals surface area contributed by atoms with Gasteiger partial charge in [0, 0.05) is 6.92 Å². The van der Waals surface area contributed by atoms with Crippen LogP contribution in [0.3, 0.4) is 0 Å². The van der Waals surface area contributed by atoms with Crippen molar-refractivity contribution in [3.8, 4) is 0 Å². The SMILES string of the molecule is CC=CCCC(C=C(C)C)OC(C)=O. The lowest BCUT2D eigenvalue weighted by Gasteiger charge is -2.12. The Morgan fingerprint density at radius 1 is 1.36 bits per heavy atom. The highest BCUT2D eigenvalue weighted by atomic mass is 16.5. The smallest absolute Gasteiger partial charge is 0.303 e. The van der Waals surface area contributed by atoms with Crippen molar-refractivity contribution in [2.24, 2.45) is 0 Å². The average Bonchev–Trinajstić information content (AvgIpc) is 2.02. The summed E-state index contributed by atoms with van der Waals surface area (Å²) in [5.74, 6) is -0.215. The van der Waals surface area contributed by atoms with Gasteiger partial charge in [0.2, 0.25) is 0 Å². The number of hydrogen-bond acceptors (Lipinski definition) is 2. The topological polar surface area (TPSA) is 26.3 Å². The van der Waals surface area contributed by atoms with E-state index in [4.69, 9.17) is 4.74 Å². The maximum Gasteiger partial charge on any atom is 0.303 e. The van der Waals surface area contributed by atoms with Crippen molar-refractivity contribution >= 4 is 5.97 Å². The van der Waals surface area contributed by atoms with Crippen LogP contribution in [0.1, 0.15) is 40.5 Å².